The summed E-state index contributed by atoms with van der Waals surface area (Å²) in [4.78, 5) is 31.0. The van der Waals surface area contributed by atoms with Crippen molar-refractivity contribution in [2.75, 3.05) is 26.8 Å². The summed E-state index contributed by atoms with van der Waals surface area (Å²) in [6.07, 6.45) is 3.24. The van der Waals surface area contributed by atoms with Crippen LogP contribution in [0.15, 0.2) is 22.9 Å². The van der Waals surface area contributed by atoms with Gasteiger partial charge in [0.2, 0.25) is 0 Å². The van der Waals surface area contributed by atoms with E-state index in [4.69, 9.17) is 9.15 Å². The molecule has 0 saturated carbocycles. The number of carbonyl (C=O) groups is 2. The van der Waals surface area contributed by atoms with Gasteiger partial charge in [-0.2, -0.15) is 0 Å². The van der Waals surface area contributed by atoms with Crippen molar-refractivity contribution in [3.8, 4) is 0 Å². The summed E-state index contributed by atoms with van der Waals surface area (Å²) in [5.41, 5.74) is 1.16. The maximum atomic E-state index is 12.7. The lowest BCUT2D eigenvalue weighted by Gasteiger charge is -2.33. The van der Waals surface area contributed by atoms with Crippen LogP contribution in [0.4, 0.5) is 0 Å². The van der Waals surface area contributed by atoms with E-state index in [1.165, 1.54) is 6.26 Å². The highest BCUT2D eigenvalue weighted by Crippen LogP contribution is 2.27. The van der Waals surface area contributed by atoms with Gasteiger partial charge in [-0.25, -0.2) is 4.98 Å². The van der Waals surface area contributed by atoms with E-state index in [9.17, 15) is 9.59 Å². The zero-order valence-electron chi connectivity index (χ0n) is 14.6. The van der Waals surface area contributed by atoms with Crippen molar-refractivity contribution >= 4 is 11.8 Å². The number of furan rings is 1. The van der Waals surface area contributed by atoms with Gasteiger partial charge in [0.05, 0.1) is 18.9 Å². The Bertz CT molecular complexity index is 779. The van der Waals surface area contributed by atoms with E-state index in [1.54, 1.807) is 24.3 Å². The Morgan fingerprint density at radius 3 is 2.92 bits per heavy atom. The molecular formula is C17H22N4O4. The number of nitrogens with one attached hydrogen (secondary N) is 1. The first-order valence-electron chi connectivity index (χ1n) is 8.22. The minimum Gasteiger partial charge on any atom is -0.459 e. The van der Waals surface area contributed by atoms with E-state index < -0.39 is 0 Å². The van der Waals surface area contributed by atoms with Gasteiger partial charge in [-0.15, -0.1) is 0 Å². The molecule has 0 unspecified atom stereocenters. The summed E-state index contributed by atoms with van der Waals surface area (Å²) in [5.74, 6) is 0.645. The summed E-state index contributed by atoms with van der Waals surface area (Å²) in [6.45, 7) is 5.74. The molecule has 0 aromatic carbocycles. The molecule has 3 rings (SSSR count). The topological polar surface area (TPSA) is 89.6 Å². The third-order valence-electron chi connectivity index (χ3n) is 4.37. The highest BCUT2D eigenvalue weighted by atomic mass is 16.5. The first-order chi connectivity index (χ1) is 12.0. The molecule has 0 radical (unpaired) electrons. The lowest BCUT2D eigenvalue weighted by atomic mass is 10.1. The Labute approximate surface area is 145 Å². The van der Waals surface area contributed by atoms with Gasteiger partial charge in [0.25, 0.3) is 11.8 Å². The molecule has 2 amide bonds. The van der Waals surface area contributed by atoms with E-state index in [1.807, 2.05) is 18.4 Å². The van der Waals surface area contributed by atoms with Gasteiger partial charge in [0.1, 0.15) is 11.5 Å². The number of hydrogen-bond donors (Lipinski definition) is 1. The standard InChI is InChI=1S/C17H22N4O4/c1-11-4-8-25-14(11)17(23)21-7-6-20-10-13(19-15(20)12(21)2)16(22)18-5-9-24-3/h4,8,10,12H,5-7,9H2,1-3H3,(H,18,22)/t12-/m0/s1. The van der Waals surface area contributed by atoms with Crippen LogP contribution in [-0.2, 0) is 11.3 Å². The molecule has 0 fully saturated rings. The van der Waals surface area contributed by atoms with Crippen LogP contribution < -0.4 is 5.32 Å². The molecule has 0 saturated heterocycles. The molecule has 0 bridgehead atoms. The first-order valence-corrected chi connectivity index (χ1v) is 8.22. The van der Waals surface area contributed by atoms with E-state index >= 15 is 0 Å². The highest BCUT2D eigenvalue weighted by Gasteiger charge is 2.32. The predicted octanol–water partition coefficient (Wildman–Crippen LogP) is 1.38. The predicted molar refractivity (Wildman–Crippen MR) is 89.3 cm³/mol. The Balaban J connectivity index is 1.76. The van der Waals surface area contributed by atoms with Crippen molar-refractivity contribution in [3.05, 3.63) is 41.4 Å². The average Bonchev–Trinajstić information content (AvgIpc) is 3.21. The van der Waals surface area contributed by atoms with Crippen molar-refractivity contribution < 1.29 is 18.7 Å². The van der Waals surface area contributed by atoms with Crippen molar-refractivity contribution in [1.82, 2.24) is 19.8 Å². The molecule has 25 heavy (non-hydrogen) atoms. The number of rotatable bonds is 5. The van der Waals surface area contributed by atoms with Crippen molar-refractivity contribution in [3.63, 3.8) is 0 Å². The van der Waals surface area contributed by atoms with E-state index in [0.717, 1.165) is 5.56 Å². The molecule has 1 N–H and O–H groups in total. The maximum Gasteiger partial charge on any atom is 0.290 e. The summed E-state index contributed by atoms with van der Waals surface area (Å²) in [6, 6.07) is 1.52. The zero-order chi connectivity index (χ0) is 18.0. The largest absolute Gasteiger partial charge is 0.459 e. The number of methoxy groups -OCH3 is 1. The van der Waals surface area contributed by atoms with E-state index in [0.29, 0.717) is 43.5 Å². The number of carbonyl (C=O) groups excluding carboxylic acids is 2. The molecule has 2 aromatic rings. The fraction of sp³-hybridized carbons (Fsp3) is 0.471. The van der Waals surface area contributed by atoms with Gasteiger partial charge in [0, 0.05) is 38.5 Å². The van der Waals surface area contributed by atoms with Crippen LogP contribution in [0.1, 0.15) is 45.4 Å². The third kappa shape index (κ3) is 3.30. The molecule has 3 heterocycles. The number of aryl methyl sites for hydroxylation is 1. The zero-order valence-corrected chi connectivity index (χ0v) is 14.6. The van der Waals surface area contributed by atoms with Crippen molar-refractivity contribution in [2.45, 2.75) is 26.4 Å². The van der Waals surface area contributed by atoms with Gasteiger partial charge in [0.15, 0.2) is 5.76 Å². The molecule has 0 aliphatic carbocycles. The van der Waals surface area contributed by atoms with Gasteiger partial charge in [-0.1, -0.05) is 0 Å². The van der Waals surface area contributed by atoms with Gasteiger partial charge >= 0.3 is 0 Å². The highest BCUT2D eigenvalue weighted by molar-refractivity contribution is 5.93. The Morgan fingerprint density at radius 2 is 2.24 bits per heavy atom. The Hall–Kier alpha value is -2.61. The van der Waals surface area contributed by atoms with Gasteiger partial charge in [-0.05, 0) is 19.9 Å². The summed E-state index contributed by atoms with van der Waals surface area (Å²) >= 11 is 0. The minimum absolute atomic E-state index is 0.157. The molecule has 1 atom stereocenters. The number of aromatic nitrogens is 2. The molecule has 1 aliphatic rings. The SMILES string of the molecule is COCCNC(=O)c1cn2c(n1)[C@H](C)N(C(=O)c1occc1C)CC2. The maximum absolute atomic E-state index is 12.7. The Kier molecular flexibility index (Phi) is 4.89. The number of nitrogens with zero attached hydrogens (tertiary/aromatic N) is 3. The number of hydrogen-bond acceptors (Lipinski definition) is 5. The van der Waals surface area contributed by atoms with Crippen LogP contribution in [-0.4, -0.2) is 53.1 Å². The molecule has 8 nitrogen and oxygen atoms in total. The van der Waals surface area contributed by atoms with Crippen LogP contribution in [0, 0.1) is 6.92 Å². The van der Waals surface area contributed by atoms with E-state index in [2.05, 4.69) is 10.3 Å². The summed E-state index contributed by atoms with van der Waals surface area (Å²) in [7, 11) is 1.58. The second kappa shape index (κ2) is 7.10. The fourth-order valence-corrected chi connectivity index (χ4v) is 2.96. The number of fused-ring (bicyclic) bond motifs is 1. The first kappa shape index (κ1) is 17.2. The second-order valence-corrected chi connectivity index (χ2v) is 6.03. The van der Waals surface area contributed by atoms with Crippen molar-refractivity contribution in [1.29, 1.82) is 0 Å². The molecular weight excluding hydrogens is 324 g/mol. The lowest BCUT2D eigenvalue weighted by molar-refractivity contribution is 0.0604. The molecule has 134 valence electrons. The number of ether oxygens (including phenoxy) is 1. The molecule has 0 spiro atoms. The molecule has 8 heteroatoms. The van der Waals surface area contributed by atoms with Gasteiger partial charge in [-0.3, -0.25) is 9.59 Å². The average molecular weight is 346 g/mol. The summed E-state index contributed by atoms with van der Waals surface area (Å²) < 4.78 is 12.2. The summed E-state index contributed by atoms with van der Waals surface area (Å²) in [5, 5.41) is 2.75. The lowest BCUT2D eigenvalue weighted by Crippen LogP contribution is -2.41. The quantitative estimate of drug-likeness (QED) is 0.826. The van der Waals surface area contributed by atoms with Crippen LogP contribution in [0.25, 0.3) is 0 Å². The number of imidazole rings is 1. The van der Waals surface area contributed by atoms with Crippen molar-refractivity contribution in [2.24, 2.45) is 0 Å². The third-order valence-corrected chi connectivity index (χ3v) is 4.37. The van der Waals surface area contributed by atoms with Crippen LogP contribution in [0.2, 0.25) is 0 Å². The molecule has 1 aliphatic heterocycles. The van der Waals surface area contributed by atoms with E-state index in [-0.39, 0.29) is 17.9 Å². The Morgan fingerprint density at radius 1 is 1.44 bits per heavy atom. The second-order valence-electron chi connectivity index (χ2n) is 6.03. The normalized spacial score (nSPS) is 16.6. The van der Waals surface area contributed by atoms with Crippen LogP contribution >= 0.6 is 0 Å². The minimum atomic E-state index is -0.245. The fourth-order valence-electron chi connectivity index (χ4n) is 2.96. The smallest absolute Gasteiger partial charge is 0.290 e. The van der Waals surface area contributed by atoms with Gasteiger partial charge < -0.3 is 23.9 Å². The monoisotopic (exact) mass is 346 g/mol. The molecule has 2 aromatic heterocycles. The van der Waals surface area contributed by atoms with Crippen LogP contribution in [0.5, 0.6) is 0 Å². The number of amides is 2. The van der Waals surface area contributed by atoms with Crippen LogP contribution in [0.3, 0.4) is 0 Å².